The number of aromatic nitrogens is 1. The maximum atomic E-state index is 12.1. The number of ketones is 1. The largest absolute Gasteiger partial charge is 0.481 e. The van der Waals surface area contributed by atoms with Gasteiger partial charge in [0, 0.05) is 28.6 Å². The van der Waals surface area contributed by atoms with Gasteiger partial charge in [-0.1, -0.05) is 25.1 Å². The van der Waals surface area contributed by atoms with E-state index in [4.69, 9.17) is 5.11 Å². The van der Waals surface area contributed by atoms with Crippen LogP contribution in [0.4, 0.5) is 0 Å². The summed E-state index contributed by atoms with van der Waals surface area (Å²) in [7, 11) is 0. The highest BCUT2D eigenvalue weighted by molar-refractivity contribution is 6.09. The summed E-state index contributed by atoms with van der Waals surface area (Å²) in [5, 5.41) is 9.53. The first kappa shape index (κ1) is 11.4. The van der Waals surface area contributed by atoms with Crippen molar-refractivity contribution in [2.24, 2.45) is 5.92 Å². The van der Waals surface area contributed by atoms with Gasteiger partial charge in [-0.3, -0.25) is 9.59 Å². The first-order valence-electron chi connectivity index (χ1n) is 5.41. The molecule has 4 heteroatoms. The third kappa shape index (κ3) is 2.20. The molecule has 0 saturated carbocycles. The summed E-state index contributed by atoms with van der Waals surface area (Å²) in [6.45, 7) is 1.64. The number of fused-ring (bicyclic) bond motifs is 1. The Morgan fingerprint density at radius 1 is 1.35 bits per heavy atom. The van der Waals surface area contributed by atoms with Gasteiger partial charge in [0.1, 0.15) is 0 Å². The van der Waals surface area contributed by atoms with E-state index in [1.807, 2.05) is 24.3 Å². The molecule has 2 N–H and O–H groups in total. The van der Waals surface area contributed by atoms with E-state index >= 15 is 0 Å². The van der Waals surface area contributed by atoms with Crippen LogP contribution in [0, 0.1) is 5.92 Å². The van der Waals surface area contributed by atoms with Gasteiger partial charge in [0.2, 0.25) is 0 Å². The van der Waals surface area contributed by atoms with Crippen molar-refractivity contribution >= 4 is 22.7 Å². The summed E-state index contributed by atoms with van der Waals surface area (Å²) in [6.07, 6.45) is 1.50. The van der Waals surface area contributed by atoms with Crippen LogP contribution in [0.15, 0.2) is 30.5 Å². The van der Waals surface area contributed by atoms with Gasteiger partial charge in [-0.2, -0.15) is 0 Å². The van der Waals surface area contributed by atoms with Crippen LogP contribution in [-0.4, -0.2) is 21.8 Å². The first-order valence-corrected chi connectivity index (χ1v) is 5.41. The smallest absolute Gasteiger partial charge is 0.304 e. The van der Waals surface area contributed by atoms with Crippen molar-refractivity contribution in [3.63, 3.8) is 0 Å². The van der Waals surface area contributed by atoms with Crippen LogP contribution in [0.5, 0.6) is 0 Å². The van der Waals surface area contributed by atoms with E-state index in [0.29, 0.717) is 5.56 Å². The highest BCUT2D eigenvalue weighted by atomic mass is 16.4. The second-order valence-corrected chi connectivity index (χ2v) is 4.11. The number of hydrogen-bond acceptors (Lipinski definition) is 2. The number of carbonyl (C=O) groups excluding carboxylic acids is 1. The normalized spacial score (nSPS) is 12.5. The molecule has 1 atom stereocenters. The van der Waals surface area contributed by atoms with Crippen LogP contribution in [0.3, 0.4) is 0 Å². The molecule has 0 spiro atoms. The topological polar surface area (TPSA) is 70.2 Å². The lowest BCUT2D eigenvalue weighted by molar-refractivity contribution is -0.137. The van der Waals surface area contributed by atoms with Crippen molar-refractivity contribution in [2.75, 3.05) is 0 Å². The molecule has 0 amide bonds. The van der Waals surface area contributed by atoms with Gasteiger partial charge in [-0.25, -0.2) is 0 Å². The number of aromatic amines is 1. The summed E-state index contributed by atoms with van der Waals surface area (Å²) in [4.78, 5) is 25.7. The van der Waals surface area contributed by atoms with E-state index in [2.05, 4.69) is 4.98 Å². The van der Waals surface area contributed by atoms with Gasteiger partial charge >= 0.3 is 5.97 Å². The van der Waals surface area contributed by atoms with Crippen molar-refractivity contribution in [3.8, 4) is 0 Å². The quantitative estimate of drug-likeness (QED) is 0.794. The lowest BCUT2D eigenvalue weighted by Gasteiger charge is -2.06. The highest BCUT2D eigenvalue weighted by Crippen LogP contribution is 2.21. The van der Waals surface area contributed by atoms with E-state index in [-0.39, 0.29) is 12.2 Å². The van der Waals surface area contributed by atoms with E-state index in [0.717, 1.165) is 10.9 Å². The first-order chi connectivity index (χ1) is 8.09. The average molecular weight is 231 g/mol. The number of carboxylic acids is 1. The zero-order valence-electron chi connectivity index (χ0n) is 9.43. The Labute approximate surface area is 98.3 Å². The SMILES string of the molecule is CC(CC(=O)O)C(=O)c1c[nH]c2ccccc12. The molecule has 2 rings (SSSR count). The van der Waals surface area contributed by atoms with Gasteiger partial charge in [-0.05, 0) is 6.07 Å². The molecule has 1 aromatic heterocycles. The number of rotatable bonds is 4. The Bertz CT molecular complexity index is 571. The second-order valence-electron chi connectivity index (χ2n) is 4.11. The minimum absolute atomic E-state index is 0.134. The van der Waals surface area contributed by atoms with Crippen LogP contribution in [0.2, 0.25) is 0 Å². The van der Waals surface area contributed by atoms with Crippen LogP contribution in [0.25, 0.3) is 10.9 Å². The molecular formula is C13H13NO3. The lowest BCUT2D eigenvalue weighted by atomic mass is 9.96. The van der Waals surface area contributed by atoms with E-state index in [9.17, 15) is 9.59 Å². The maximum absolute atomic E-state index is 12.1. The van der Waals surface area contributed by atoms with Gasteiger partial charge in [0.25, 0.3) is 0 Å². The van der Waals surface area contributed by atoms with Gasteiger partial charge in [0.15, 0.2) is 5.78 Å². The summed E-state index contributed by atoms with van der Waals surface area (Å²) < 4.78 is 0. The highest BCUT2D eigenvalue weighted by Gasteiger charge is 2.20. The van der Waals surface area contributed by atoms with Gasteiger partial charge in [0.05, 0.1) is 6.42 Å². The second kappa shape index (κ2) is 4.41. The average Bonchev–Trinajstić information content (AvgIpc) is 2.70. The minimum atomic E-state index is -0.953. The summed E-state index contributed by atoms with van der Waals surface area (Å²) in [5.41, 5.74) is 1.45. The Hall–Kier alpha value is -2.10. The molecule has 17 heavy (non-hydrogen) atoms. The van der Waals surface area contributed by atoms with Crippen LogP contribution >= 0.6 is 0 Å². The molecule has 0 aliphatic carbocycles. The summed E-state index contributed by atoms with van der Waals surface area (Å²) in [6, 6.07) is 7.48. The van der Waals surface area contributed by atoms with Crippen LogP contribution < -0.4 is 0 Å². The Balaban J connectivity index is 2.33. The molecule has 1 unspecified atom stereocenters. The molecule has 88 valence electrons. The Morgan fingerprint density at radius 3 is 2.76 bits per heavy atom. The molecular weight excluding hydrogens is 218 g/mol. The van der Waals surface area contributed by atoms with Crippen molar-refractivity contribution < 1.29 is 14.7 Å². The number of para-hydroxylation sites is 1. The Kier molecular flexibility index (Phi) is 2.95. The number of nitrogens with one attached hydrogen (secondary N) is 1. The van der Waals surface area contributed by atoms with Crippen molar-refractivity contribution in [1.29, 1.82) is 0 Å². The molecule has 0 bridgehead atoms. The molecule has 1 aromatic carbocycles. The zero-order valence-corrected chi connectivity index (χ0v) is 9.43. The molecule has 0 saturated heterocycles. The standard InChI is InChI=1S/C13H13NO3/c1-8(6-12(15)16)13(17)10-7-14-11-5-3-2-4-9(10)11/h2-5,7-8,14H,6H2,1H3,(H,15,16). The van der Waals surface area contributed by atoms with Crippen molar-refractivity contribution in [2.45, 2.75) is 13.3 Å². The van der Waals surface area contributed by atoms with Crippen molar-refractivity contribution in [3.05, 3.63) is 36.0 Å². The fraction of sp³-hybridized carbons (Fsp3) is 0.231. The minimum Gasteiger partial charge on any atom is -0.481 e. The number of benzene rings is 1. The van der Waals surface area contributed by atoms with E-state index in [1.54, 1.807) is 13.1 Å². The predicted molar refractivity (Wildman–Crippen MR) is 64.0 cm³/mol. The maximum Gasteiger partial charge on any atom is 0.304 e. The Morgan fingerprint density at radius 2 is 2.06 bits per heavy atom. The number of Topliss-reactive ketones (excluding diaryl/α,β-unsaturated/α-hetero) is 1. The molecule has 0 aliphatic rings. The third-order valence-electron chi connectivity index (χ3n) is 2.78. The lowest BCUT2D eigenvalue weighted by Crippen LogP contribution is -2.15. The van der Waals surface area contributed by atoms with Gasteiger partial charge in [-0.15, -0.1) is 0 Å². The van der Waals surface area contributed by atoms with Crippen LogP contribution in [-0.2, 0) is 4.79 Å². The number of hydrogen-bond donors (Lipinski definition) is 2. The number of H-pyrrole nitrogens is 1. The molecule has 0 fully saturated rings. The molecule has 1 heterocycles. The molecule has 4 nitrogen and oxygen atoms in total. The number of aliphatic carboxylic acids is 1. The van der Waals surface area contributed by atoms with Gasteiger partial charge < -0.3 is 10.1 Å². The fourth-order valence-electron chi connectivity index (χ4n) is 1.90. The van der Waals surface area contributed by atoms with E-state index in [1.165, 1.54) is 0 Å². The molecule has 0 aliphatic heterocycles. The molecule has 0 radical (unpaired) electrons. The summed E-state index contributed by atoms with van der Waals surface area (Å²) in [5.74, 6) is -1.60. The van der Waals surface area contributed by atoms with Crippen LogP contribution in [0.1, 0.15) is 23.7 Å². The monoisotopic (exact) mass is 231 g/mol. The fourth-order valence-corrected chi connectivity index (χ4v) is 1.90. The number of carboxylic acid groups (broad SMARTS) is 1. The van der Waals surface area contributed by atoms with E-state index < -0.39 is 11.9 Å². The summed E-state index contributed by atoms with van der Waals surface area (Å²) >= 11 is 0. The third-order valence-corrected chi connectivity index (χ3v) is 2.78. The predicted octanol–water partition coefficient (Wildman–Crippen LogP) is 2.46. The molecule has 2 aromatic rings. The number of carbonyl (C=O) groups is 2. The zero-order chi connectivity index (χ0) is 12.4. The van der Waals surface area contributed by atoms with Crippen molar-refractivity contribution in [1.82, 2.24) is 4.98 Å².